The minimum absolute atomic E-state index is 0.112. The zero-order valence-corrected chi connectivity index (χ0v) is 10.5. The van der Waals surface area contributed by atoms with Gasteiger partial charge in [0.1, 0.15) is 5.82 Å². The van der Waals surface area contributed by atoms with Gasteiger partial charge in [-0.25, -0.2) is 4.39 Å². The first-order valence-electron chi connectivity index (χ1n) is 5.91. The first-order chi connectivity index (χ1) is 7.57. The van der Waals surface area contributed by atoms with Crippen LogP contribution >= 0.6 is 0 Å². The Hall–Kier alpha value is -0.960. The van der Waals surface area contributed by atoms with Crippen LogP contribution in [0.3, 0.4) is 0 Å². The Balaban J connectivity index is 2.98. The minimum atomic E-state index is -0.203. The molecular formula is C13H21FN2. The summed E-state index contributed by atoms with van der Waals surface area (Å²) in [6, 6.07) is 3.35. The number of rotatable bonds is 5. The lowest BCUT2D eigenvalue weighted by atomic mass is 9.85. The SMILES string of the molecule is CCNC(C)C(c1ncccc1F)C(C)C. The highest BCUT2D eigenvalue weighted by molar-refractivity contribution is 5.15. The van der Waals surface area contributed by atoms with E-state index in [0.717, 1.165) is 6.54 Å². The van der Waals surface area contributed by atoms with E-state index in [9.17, 15) is 4.39 Å². The molecule has 0 spiro atoms. The van der Waals surface area contributed by atoms with Crippen LogP contribution in [0.5, 0.6) is 0 Å². The molecule has 0 aliphatic heterocycles. The van der Waals surface area contributed by atoms with Gasteiger partial charge in [0.2, 0.25) is 0 Å². The second kappa shape index (κ2) is 5.94. The maximum Gasteiger partial charge on any atom is 0.145 e. The van der Waals surface area contributed by atoms with E-state index < -0.39 is 0 Å². The van der Waals surface area contributed by atoms with Crippen molar-refractivity contribution in [2.45, 2.75) is 39.7 Å². The quantitative estimate of drug-likeness (QED) is 0.831. The van der Waals surface area contributed by atoms with Crippen molar-refractivity contribution in [1.82, 2.24) is 10.3 Å². The summed E-state index contributed by atoms with van der Waals surface area (Å²) in [5.74, 6) is 0.269. The molecule has 2 unspecified atom stereocenters. The van der Waals surface area contributed by atoms with Gasteiger partial charge in [-0.3, -0.25) is 4.98 Å². The Labute approximate surface area is 97.3 Å². The molecule has 1 aromatic heterocycles. The molecule has 0 radical (unpaired) electrons. The fourth-order valence-corrected chi connectivity index (χ4v) is 2.22. The topological polar surface area (TPSA) is 24.9 Å². The lowest BCUT2D eigenvalue weighted by molar-refractivity contribution is 0.363. The number of hydrogen-bond donors (Lipinski definition) is 1. The van der Waals surface area contributed by atoms with Crippen LogP contribution in [0.25, 0.3) is 0 Å². The molecule has 1 N–H and O–H groups in total. The van der Waals surface area contributed by atoms with Crippen molar-refractivity contribution in [2.24, 2.45) is 5.92 Å². The maximum absolute atomic E-state index is 13.7. The largest absolute Gasteiger partial charge is 0.314 e. The van der Waals surface area contributed by atoms with E-state index in [1.165, 1.54) is 6.07 Å². The highest BCUT2D eigenvalue weighted by Crippen LogP contribution is 2.28. The van der Waals surface area contributed by atoms with Crippen LogP contribution < -0.4 is 5.32 Å². The Morgan fingerprint density at radius 1 is 1.38 bits per heavy atom. The van der Waals surface area contributed by atoms with Crippen LogP contribution in [-0.2, 0) is 0 Å². The predicted octanol–water partition coefficient (Wildman–Crippen LogP) is 2.96. The van der Waals surface area contributed by atoms with Crippen molar-refractivity contribution in [3.05, 3.63) is 29.8 Å². The molecule has 1 heterocycles. The molecule has 0 saturated heterocycles. The molecule has 0 amide bonds. The number of aromatic nitrogens is 1. The minimum Gasteiger partial charge on any atom is -0.314 e. The van der Waals surface area contributed by atoms with Crippen LogP contribution in [0, 0.1) is 11.7 Å². The zero-order chi connectivity index (χ0) is 12.1. The zero-order valence-electron chi connectivity index (χ0n) is 10.5. The van der Waals surface area contributed by atoms with Crippen molar-refractivity contribution >= 4 is 0 Å². The van der Waals surface area contributed by atoms with Crippen molar-refractivity contribution in [3.8, 4) is 0 Å². The molecule has 0 aromatic carbocycles. The standard InChI is InChI=1S/C13H21FN2/c1-5-15-10(4)12(9(2)3)13-11(14)7-6-8-16-13/h6-10,12,15H,5H2,1-4H3. The van der Waals surface area contributed by atoms with E-state index in [1.54, 1.807) is 12.3 Å². The van der Waals surface area contributed by atoms with Crippen molar-refractivity contribution in [3.63, 3.8) is 0 Å². The van der Waals surface area contributed by atoms with Crippen LogP contribution in [0.1, 0.15) is 39.3 Å². The maximum atomic E-state index is 13.7. The average Bonchev–Trinajstić information content (AvgIpc) is 2.21. The summed E-state index contributed by atoms with van der Waals surface area (Å²) in [5, 5.41) is 3.35. The summed E-state index contributed by atoms with van der Waals surface area (Å²) < 4.78 is 13.7. The van der Waals surface area contributed by atoms with Gasteiger partial charge in [0, 0.05) is 18.2 Å². The molecule has 0 bridgehead atoms. The van der Waals surface area contributed by atoms with Gasteiger partial charge < -0.3 is 5.32 Å². The molecule has 0 aliphatic carbocycles. The molecule has 90 valence electrons. The number of nitrogens with one attached hydrogen (secondary N) is 1. The van der Waals surface area contributed by atoms with Gasteiger partial charge in [0.25, 0.3) is 0 Å². The molecule has 16 heavy (non-hydrogen) atoms. The summed E-state index contributed by atoms with van der Waals surface area (Å²) in [6.45, 7) is 9.24. The van der Waals surface area contributed by atoms with Crippen LogP contribution in [-0.4, -0.2) is 17.6 Å². The van der Waals surface area contributed by atoms with Gasteiger partial charge in [-0.1, -0.05) is 20.8 Å². The Kier molecular flexibility index (Phi) is 4.87. The monoisotopic (exact) mass is 224 g/mol. The lowest BCUT2D eigenvalue weighted by Crippen LogP contribution is -2.35. The van der Waals surface area contributed by atoms with E-state index in [0.29, 0.717) is 11.6 Å². The van der Waals surface area contributed by atoms with E-state index in [2.05, 4.69) is 38.0 Å². The summed E-state index contributed by atoms with van der Waals surface area (Å²) in [5.41, 5.74) is 0.575. The molecule has 1 rings (SSSR count). The highest BCUT2D eigenvalue weighted by Gasteiger charge is 2.25. The lowest BCUT2D eigenvalue weighted by Gasteiger charge is -2.27. The first kappa shape index (κ1) is 13.1. The molecule has 0 aliphatic rings. The number of nitrogens with zero attached hydrogens (tertiary/aromatic N) is 1. The Morgan fingerprint density at radius 3 is 2.56 bits per heavy atom. The van der Waals surface area contributed by atoms with Crippen molar-refractivity contribution in [1.29, 1.82) is 0 Å². The molecule has 0 saturated carbocycles. The van der Waals surface area contributed by atoms with Gasteiger partial charge in [0.15, 0.2) is 0 Å². The van der Waals surface area contributed by atoms with E-state index in [-0.39, 0.29) is 17.8 Å². The second-order valence-electron chi connectivity index (χ2n) is 4.49. The fourth-order valence-electron chi connectivity index (χ4n) is 2.22. The van der Waals surface area contributed by atoms with Gasteiger partial charge in [-0.15, -0.1) is 0 Å². The van der Waals surface area contributed by atoms with Crippen LogP contribution in [0.4, 0.5) is 4.39 Å². The summed E-state index contributed by atoms with van der Waals surface area (Å²) >= 11 is 0. The number of halogens is 1. The smallest absolute Gasteiger partial charge is 0.145 e. The second-order valence-corrected chi connectivity index (χ2v) is 4.49. The fraction of sp³-hybridized carbons (Fsp3) is 0.615. The summed E-state index contributed by atoms with van der Waals surface area (Å²) in [7, 11) is 0. The third kappa shape index (κ3) is 3.01. The van der Waals surface area contributed by atoms with Gasteiger partial charge in [0.05, 0.1) is 5.69 Å². The normalized spacial score (nSPS) is 15.1. The molecule has 1 aromatic rings. The summed E-state index contributed by atoms with van der Waals surface area (Å²) in [4.78, 5) is 4.19. The Bertz CT molecular complexity index is 325. The van der Waals surface area contributed by atoms with Crippen LogP contribution in [0.2, 0.25) is 0 Å². The third-order valence-corrected chi connectivity index (χ3v) is 2.89. The van der Waals surface area contributed by atoms with Gasteiger partial charge >= 0.3 is 0 Å². The number of pyridine rings is 1. The first-order valence-corrected chi connectivity index (χ1v) is 5.91. The molecule has 2 nitrogen and oxygen atoms in total. The number of hydrogen-bond acceptors (Lipinski definition) is 2. The molecule has 2 atom stereocenters. The van der Waals surface area contributed by atoms with E-state index in [4.69, 9.17) is 0 Å². The predicted molar refractivity (Wildman–Crippen MR) is 64.9 cm³/mol. The molecule has 3 heteroatoms. The van der Waals surface area contributed by atoms with Crippen molar-refractivity contribution < 1.29 is 4.39 Å². The summed E-state index contributed by atoms with van der Waals surface area (Å²) in [6.07, 6.45) is 1.66. The highest BCUT2D eigenvalue weighted by atomic mass is 19.1. The van der Waals surface area contributed by atoms with E-state index >= 15 is 0 Å². The Morgan fingerprint density at radius 2 is 2.06 bits per heavy atom. The van der Waals surface area contributed by atoms with E-state index in [1.807, 2.05) is 0 Å². The number of likely N-dealkylation sites (N-methyl/N-ethyl adjacent to an activating group) is 1. The van der Waals surface area contributed by atoms with Gasteiger partial charge in [-0.05, 0) is 31.5 Å². The average molecular weight is 224 g/mol. The van der Waals surface area contributed by atoms with Crippen molar-refractivity contribution in [2.75, 3.05) is 6.54 Å². The van der Waals surface area contributed by atoms with Gasteiger partial charge in [-0.2, -0.15) is 0 Å². The third-order valence-electron chi connectivity index (χ3n) is 2.89. The molecular weight excluding hydrogens is 203 g/mol. The molecule has 0 fully saturated rings. The van der Waals surface area contributed by atoms with Crippen LogP contribution in [0.15, 0.2) is 18.3 Å².